The minimum atomic E-state index is -0.0950. The van der Waals surface area contributed by atoms with Crippen LogP contribution in [0.2, 0.25) is 0 Å². The van der Waals surface area contributed by atoms with Crippen molar-refractivity contribution in [1.82, 2.24) is 10.3 Å². The first-order valence-corrected chi connectivity index (χ1v) is 6.33. The van der Waals surface area contributed by atoms with Gasteiger partial charge in [0.25, 0.3) is 5.91 Å². The Balaban J connectivity index is 2.39. The summed E-state index contributed by atoms with van der Waals surface area (Å²) in [5, 5.41) is 3.70. The minimum absolute atomic E-state index is 0.0950. The van der Waals surface area contributed by atoms with Crippen molar-refractivity contribution in [2.45, 2.75) is 6.42 Å². The van der Waals surface area contributed by atoms with Crippen molar-refractivity contribution in [3.05, 3.63) is 17.3 Å². The molecule has 0 radical (unpaired) electrons. The van der Waals surface area contributed by atoms with Gasteiger partial charge in [-0.05, 0) is 12.0 Å². The van der Waals surface area contributed by atoms with E-state index in [0.29, 0.717) is 29.5 Å². The summed E-state index contributed by atoms with van der Waals surface area (Å²) in [5.41, 5.74) is 2.35. The zero-order valence-corrected chi connectivity index (χ0v) is 11.6. The molecule has 1 aliphatic rings. The van der Waals surface area contributed by atoms with Crippen LogP contribution in [0, 0.1) is 0 Å². The zero-order valence-electron chi connectivity index (χ0n) is 11.6. The van der Waals surface area contributed by atoms with Crippen molar-refractivity contribution >= 4 is 16.8 Å². The number of carbonyl (C=O) groups excluding carboxylic acids is 1. The van der Waals surface area contributed by atoms with Crippen LogP contribution in [0.25, 0.3) is 10.9 Å². The predicted octanol–water partition coefficient (Wildman–Crippen LogP) is 1.48. The molecule has 0 bridgehead atoms. The molecule has 106 valence electrons. The fourth-order valence-electron chi connectivity index (χ4n) is 2.72. The second-order valence-electron chi connectivity index (χ2n) is 4.55. The smallest absolute Gasteiger partial charge is 0.268 e. The molecule has 0 unspecified atom stereocenters. The number of aromatic amines is 1. The highest BCUT2D eigenvalue weighted by Gasteiger charge is 2.27. The number of aromatic nitrogens is 1. The molecule has 0 fully saturated rings. The maximum Gasteiger partial charge on any atom is 0.268 e. The first-order chi connectivity index (χ1) is 9.71. The molecular formula is C14H16N2O4. The van der Waals surface area contributed by atoms with E-state index in [1.54, 1.807) is 21.3 Å². The number of rotatable bonds is 3. The van der Waals surface area contributed by atoms with Gasteiger partial charge in [0.05, 0.1) is 26.8 Å². The number of carbonyl (C=O) groups is 1. The third-order valence-electron chi connectivity index (χ3n) is 3.58. The molecule has 1 amide bonds. The monoisotopic (exact) mass is 276 g/mol. The standard InChI is InChI=1S/C14H16N2O4/c1-18-9-6-8-10(13(20-3)12(9)19-2)7-4-5-15-14(17)11(7)16-8/h6,16H,4-5H2,1-3H3,(H,15,17). The van der Waals surface area contributed by atoms with E-state index < -0.39 is 0 Å². The molecule has 20 heavy (non-hydrogen) atoms. The quantitative estimate of drug-likeness (QED) is 0.890. The van der Waals surface area contributed by atoms with Crippen LogP contribution in [0.1, 0.15) is 16.1 Å². The molecule has 2 aromatic rings. The van der Waals surface area contributed by atoms with Crippen molar-refractivity contribution in [3.63, 3.8) is 0 Å². The highest BCUT2D eigenvalue weighted by molar-refractivity contribution is 6.05. The lowest BCUT2D eigenvalue weighted by Gasteiger charge is -2.15. The van der Waals surface area contributed by atoms with Gasteiger partial charge in [-0.2, -0.15) is 0 Å². The van der Waals surface area contributed by atoms with Crippen LogP contribution in [0.3, 0.4) is 0 Å². The summed E-state index contributed by atoms with van der Waals surface area (Å²) in [7, 11) is 4.72. The first kappa shape index (κ1) is 12.7. The molecule has 1 aromatic carbocycles. The summed E-state index contributed by atoms with van der Waals surface area (Å²) in [6, 6.07) is 1.82. The lowest BCUT2D eigenvalue weighted by atomic mass is 10.0. The number of hydrogen-bond acceptors (Lipinski definition) is 4. The van der Waals surface area contributed by atoms with Crippen LogP contribution in [0.5, 0.6) is 17.2 Å². The summed E-state index contributed by atoms with van der Waals surface area (Å²) < 4.78 is 16.2. The Labute approximate surface area is 116 Å². The zero-order chi connectivity index (χ0) is 14.3. The van der Waals surface area contributed by atoms with Crippen molar-refractivity contribution in [3.8, 4) is 17.2 Å². The molecule has 0 saturated heterocycles. The molecule has 2 heterocycles. The van der Waals surface area contributed by atoms with Crippen LogP contribution in [-0.2, 0) is 6.42 Å². The largest absolute Gasteiger partial charge is 0.493 e. The van der Waals surface area contributed by atoms with Crippen LogP contribution < -0.4 is 19.5 Å². The van der Waals surface area contributed by atoms with Crippen molar-refractivity contribution in [2.24, 2.45) is 0 Å². The van der Waals surface area contributed by atoms with E-state index in [2.05, 4.69) is 10.3 Å². The molecule has 0 atom stereocenters. The normalized spacial score (nSPS) is 13.8. The molecule has 0 aliphatic carbocycles. The second kappa shape index (κ2) is 4.63. The van der Waals surface area contributed by atoms with Gasteiger partial charge in [-0.15, -0.1) is 0 Å². The van der Waals surface area contributed by atoms with Crippen LogP contribution in [0.4, 0.5) is 0 Å². The second-order valence-corrected chi connectivity index (χ2v) is 4.55. The molecule has 6 nitrogen and oxygen atoms in total. The average molecular weight is 276 g/mol. The third kappa shape index (κ3) is 1.61. The number of benzene rings is 1. The van der Waals surface area contributed by atoms with Gasteiger partial charge >= 0.3 is 0 Å². The number of methoxy groups -OCH3 is 3. The highest BCUT2D eigenvalue weighted by Crippen LogP contribution is 2.45. The van der Waals surface area contributed by atoms with Crippen molar-refractivity contribution in [2.75, 3.05) is 27.9 Å². The highest BCUT2D eigenvalue weighted by atomic mass is 16.5. The average Bonchev–Trinajstić information content (AvgIpc) is 2.85. The number of nitrogens with one attached hydrogen (secondary N) is 2. The van der Waals surface area contributed by atoms with E-state index in [-0.39, 0.29) is 5.91 Å². The summed E-state index contributed by atoms with van der Waals surface area (Å²) in [6.45, 7) is 0.621. The Morgan fingerprint density at radius 1 is 1.10 bits per heavy atom. The van der Waals surface area contributed by atoms with Gasteiger partial charge in [-0.1, -0.05) is 0 Å². The van der Waals surface area contributed by atoms with Gasteiger partial charge in [0, 0.05) is 18.0 Å². The number of H-pyrrole nitrogens is 1. The Hall–Kier alpha value is -2.37. The molecule has 3 rings (SSSR count). The van der Waals surface area contributed by atoms with E-state index in [1.807, 2.05) is 6.07 Å². The molecule has 0 spiro atoms. The van der Waals surface area contributed by atoms with Crippen molar-refractivity contribution in [1.29, 1.82) is 0 Å². The maximum absolute atomic E-state index is 11.9. The summed E-state index contributed by atoms with van der Waals surface area (Å²) in [4.78, 5) is 15.1. The van der Waals surface area contributed by atoms with Gasteiger partial charge in [-0.3, -0.25) is 4.79 Å². The lowest BCUT2D eigenvalue weighted by Crippen LogP contribution is -2.31. The Kier molecular flexibility index (Phi) is 2.93. The molecule has 0 saturated carbocycles. The van der Waals surface area contributed by atoms with E-state index in [4.69, 9.17) is 14.2 Å². The summed E-state index contributed by atoms with van der Waals surface area (Å²) in [5.74, 6) is 1.60. The Morgan fingerprint density at radius 3 is 2.50 bits per heavy atom. The van der Waals surface area contributed by atoms with E-state index >= 15 is 0 Å². The number of amides is 1. The van der Waals surface area contributed by atoms with Gasteiger partial charge in [0.1, 0.15) is 5.69 Å². The topological polar surface area (TPSA) is 72.6 Å². The minimum Gasteiger partial charge on any atom is -0.493 e. The molecular weight excluding hydrogens is 260 g/mol. The number of fused-ring (bicyclic) bond motifs is 3. The lowest BCUT2D eigenvalue weighted by molar-refractivity contribution is 0.0942. The van der Waals surface area contributed by atoms with Crippen LogP contribution in [-0.4, -0.2) is 38.8 Å². The third-order valence-corrected chi connectivity index (χ3v) is 3.58. The fraction of sp³-hybridized carbons (Fsp3) is 0.357. The Morgan fingerprint density at radius 2 is 1.85 bits per heavy atom. The van der Waals surface area contributed by atoms with E-state index in [1.165, 1.54) is 0 Å². The SMILES string of the molecule is COc1cc2[nH]c3c(c2c(OC)c1OC)CCNC3=O. The molecule has 2 N–H and O–H groups in total. The Bertz CT molecular complexity index is 690. The number of hydrogen-bond donors (Lipinski definition) is 2. The van der Waals surface area contributed by atoms with Crippen LogP contribution >= 0.6 is 0 Å². The molecule has 1 aliphatic heterocycles. The maximum atomic E-state index is 11.9. The summed E-state index contributed by atoms with van der Waals surface area (Å²) >= 11 is 0. The van der Waals surface area contributed by atoms with Gasteiger partial charge in [0.2, 0.25) is 5.75 Å². The fourth-order valence-corrected chi connectivity index (χ4v) is 2.72. The van der Waals surface area contributed by atoms with E-state index in [9.17, 15) is 4.79 Å². The first-order valence-electron chi connectivity index (χ1n) is 6.33. The number of ether oxygens (including phenoxy) is 3. The molecule has 1 aromatic heterocycles. The van der Waals surface area contributed by atoms with Gasteiger partial charge in [-0.25, -0.2) is 0 Å². The van der Waals surface area contributed by atoms with Gasteiger partial charge < -0.3 is 24.5 Å². The van der Waals surface area contributed by atoms with Gasteiger partial charge in [0.15, 0.2) is 11.5 Å². The predicted molar refractivity (Wildman–Crippen MR) is 74.0 cm³/mol. The van der Waals surface area contributed by atoms with Crippen molar-refractivity contribution < 1.29 is 19.0 Å². The summed E-state index contributed by atoms with van der Waals surface area (Å²) in [6.07, 6.45) is 0.757. The molecule has 6 heteroatoms. The van der Waals surface area contributed by atoms with E-state index in [0.717, 1.165) is 22.9 Å². The van der Waals surface area contributed by atoms with Crippen LogP contribution in [0.15, 0.2) is 6.07 Å².